The van der Waals surface area contributed by atoms with Crippen molar-refractivity contribution in [1.29, 1.82) is 0 Å². The van der Waals surface area contributed by atoms with Gasteiger partial charge in [0.2, 0.25) is 11.9 Å². The van der Waals surface area contributed by atoms with Gasteiger partial charge in [0, 0.05) is 24.0 Å². The van der Waals surface area contributed by atoms with Crippen molar-refractivity contribution in [2.45, 2.75) is 38.3 Å². The van der Waals surface area contributed by atoms with Crippen LogP contribution in [0.3, 0.4) is 0 Å². The molecule has 7 nitrogen and oxygen atoms in total. The molecule has 0 bridgehead atoms. The number of amides is 1. The van der Waals surface area contributed by atoms with Crippen LogP contribution in [0.2, 0.25) is 0 Å². The maximum absolute atomic E-state index is 12.3. The van der Waals surface area contributed by atoms with Crippen molar-refractivity contribution in [3.8, 4) is 0 Å². The average Bonchev–Trinajstić information content (AvgIpc) is 2.82. The van der Waals surface area contributed by atoms with E-state index in [0.29, 0.717) is 18.7 Å². The fourth-order valence-electron chi connectivity index (χ4n) is 2.77. The number of nitrogens with zero attached hydrogens (tertiary/aromatic N) is 3. The first-order valence-corrected chi connectivity index (χ1v) is 6.45. The van der Waals surface area contributed by atoms with Crippen LogP contribution in [0.4, 0.5) is 0 Å². The Bertz CT molecular complexity index is 527. The molecule has 3 atom stereocenters. The smallest absolute Gasteiger partial charge is 0.233 e. The topological polar surface area (TPSA) is 89.5 Å². The summed E-state index contributed by atoms with van der Waals surface area (Å²) in [5.74, 6) is 0.164. The lowest BCUT2D eigenvalue weighted by molar-refractivity contribution is -0.497. The summed E-state index contributed by atoms with van der Waals surface area (Å²) in [7, 11) is 0. The molecule has 0 N–H and O–H groups in total. The van der Waals surface area contributed by atoms with Gasteiger partial charge in [-0.25, -0.2) is 0 Å². The van der Waals surface area contributed by atoms with Gasteiger partial charge in [-0.1, -0.05) is 5.16 Å². The minimum Gasteiger partial charge on any atom is -0.361 e. The van der Waals surface area contributed by atoms with Crippen LogP contribution in [0.15, 0.2) is 10.6 Å². The molecule has 0 radical (unpaired) electrons. The van der Waals surface area contributed by atoms with Crippen molar-refractivity contribution >= 4 is 5.91 Å². The van der Waals surface area contributed by atoms with Crippen LogP contribution in [0.5, 0.6) is 0 Å². The first-order chi connectivity index (χ1) is 9.08. The summed E-state index contributed by atoms with van der Waals surface area (Å²) in [5.41, 5.74) is 0.752. The number of aromatic nitrogens is 1. The Hall–Kier alpha value is -1.92. The molecule has 2 aliphatic rings. The van der Waals surface area contributed by atoms with Gasteiger partial charge in [0.05, 0.1) is 6.04 Å². The molecule has 0 aromatic carbocycles. The number of hydrogen-bond acceptors (Lipinski definition) is 5. The van der Waals surface area contributed by atoms with Crippen LogP contribution < -0.4 is 0 Å². The normalized spacial score (nSPS) is 29.5. The van der Waals surface area contributed by atoms with E-state index in [0.717, 1.165) is 18.5 Å². The van der Waals surface area contributed by atoms with E-state index >= 15 is 0 Å². The van der Waals surface area contributed by atoms with Crippen LogP contribution in [0.1, 0.15) is 36.8 Å². The molecule has 19 heavy (non-hydrogen) atoms. The van der Waals surface area contributed by atoms with Crippen LogP contribution in [-0.2, 0) is 4.79 Å². The average molecular weight is 265 g/mol. The van der Waals surface area contributed by atoms with Crippen molar-refractivity contribution in [3.63, 3.8) is 0 Å². The van der Waals surface area contributed by atoms with Crippen LogP contribution in [-0.4, -0.2) is 33.5 Å². The summed E-state index contributed by atoms with van der Waals surface area (Å²) in [6, 6.07) is 1.06. The quantitative estimate of drug-likeness (QED) is 0.607. The molecule has 102 valence electrons. The number of likely N-dealkylation sites (tertiary alicyclic amines) is 1. The largest absolute Gasteiger partial charge is 0.361 e. The highest BCUT2D eigenvalue weighted by Gasteiger charge is 2.55. The highest BCUT2D eigenvalue weighted by Crippen LogP contribution is 2.40. The van der Waals surface area contributed by atoms with Crippen molar-refractivity contribution in [2.24, 2.45) is 5.92 Å². The molecule has 2 heterocycles. The Balaban J connectivity index is 1.73. The Morgan fingerprint density at radius 3 is 3.00 bits per heavy atom. The van der Waals surface area contributed by atoms with E-state index in [1.54, 1.807) is 11.8 Å². The van der Waals surface area contributed by atoms with Gasteiger partial charge < -0.3 is 9.42 Å². The van der Waals surface area contributed by atoms with Gasteiger partial charge in [0.15, 0.2) is 0 Å². The van der Waals surface area contributed by atoms with Gasteiger partial charge in [0.1, 0.15) is 17.4 Å². The van der Waals surface area contributed by atoms with E-state index in [1.807, 2.05) is 6.07 Å². The van der Waals surface area contributed by atoms with Crippen LogP contribution in [0, 0.1) is 23.0 Å². The standard InChI is InChI=1S/C12H15N3O4/c1-7-5-9(13-19-7)10-3-2-4-14(10)12(16)8-6-11(8)15(17)18/h5,8,10-11H,2-4,6H2,1H3/t8-,10+,11+/m1/s1. The van der Waals surface area contributed by atoms with E-state index in [1.165, 1.54) is 0 Å². The van der Waals surface area contributed by atoms with Gasteiger partial charge in [-0.2, -0.15) is 0 Å². The van der Waals surface area contributed by atoms with Crippen molar-refractivity contribution in [3.05, 3.63) is 27.6 Å². The first kappa shape index (κ1) is 12.1. The minimum absolute atomic E-state index is 0.0852. The summed E-state index contributed by atoms with van der Waals surface area (Å²) in [6.07, 6.45) is 2.11. The maximum atomic E-state index is 12.3. The van der Waals surface area contributed by atoms with Gasteiger partial charge in [-0.05, 0) is 19.8 Å². The minimum atomic E-state index is -0.687. The molecule has 2 fully saturated rings. The monoisotopic (exact) mass is 265 g/mol. The molecule has 7 heteroatoms. The lowest BCUT2D eigenvalue weighted by Crippen LogP contribution is -2.33. The molecule has 1 aliphatic heterocycles. The molecule has 1 aromatic heterocycles. The number of nitro groups is 1. The summed E-state index contributed by atoms with van der Waals surface area (Å²) >= 11 is 0. The second-order valence-electron chi connectivity index (χ2n) is 5.25. The molecule has 3 rings (SSSR count). The van der Waals surface area contributed by atoms with Gasteiger partial charge >= 0.3 is 0 Å². The zero-order valence-electron chi connectivity index (χ0n) is 10.6. The van der Waals surface area contributed by atoms with Gasteiger partial charge in [-0.15, -0.1) is 0 Å². The summed E-state index contributed by atoms with van der Waals surface area (Å²) < 4.78 is 5.04. The van der Waals surface area contributed by atoms with Gasteiger partial charge in [-0.3, -0.25) is 14.9 Å². The van der Waals surface area contributed by atoms with E-state index in [4.69, 9.17) is 4.52 Å². The molecule has 0 spiro atoms. The molecular formula is C12H15N3O4. The second-order valence-corrected chi connectivity index (χ2v) is 5.25. The van der Waals surface area contributed by atoms with Gasteiger partial charge in [0.25, 0.3) is 0 Å². The highest BCUT2D eigenvalue weighted by atomic mass is 16.6. The summed E-state index contributed by atoms with van der Waals surface area (Å²) in [4.78, 5) is 24.3. The highest BCUT2D eigenvalue weighted by molar-refractivity contribution is 5.82. The molecule has 1 aliphatic carbocycles. The zero-order chi connectivity index (χ0) is 13.6. The SMILES string of the molecule is Cc1cc([C@@H]2CCCN2C(=O)[C@@H]2C[C@@H]2[N+](=O)[O-])no1. The Kier molecular flexibility index (Phi) is 2.76. The third kappa shape index (κ3) is 2.09. The van der Waals surface area contributed by atoms with E-state index < -0.39 is 12.0 Å². The summed E-state index contributed by atoms with van der Waals surface area (Å²) in [5, 5.41) is 14.6. The Labute approximate surface area is 109 Å². The first-order valence-electron chi connectivity index (χ1n) is 6.45. The van der Waals surface area contributed by atoms with Crippen molar-refractivity contribution in [1.82, 2.24) is 10.1 Å². The predicted octanol–water partition coefficient (Wildman–Crippen LogP) is 1.31. The molecule has 1 aromatic rings. The van der Waals surface area contributed by atoms with Crippen LogP contribution in [0.25, 0.3) is 0 Å². The van der Waals surface area contributed by atoms with E-state index in [2.05, 4.69) is 5.16 Å². The number of hydrogen-bond donors (Lipinski definition) is 0. The number of carbonyl (C=O) groups excluding carboxylic acids is 1. The lowest BCUT2D eigenvalue weighted by atomic mass is 10.1. The molecular weight excluding hydrogens is 250 g/mol. The fraction of sp³-hybridized carbons (Fsp3) is 0.667. The van der Waals surface area contributed by atoms with Crippen molar-refractivity contribution in [2.75, 3.05) is 6.54 Å². The Morgan fingerprint density at radius 2 is 2.42 bits per heavy atom. The van der Waals surface area contributed by atoms with E-state index in [-0.39, 0.29) is 16.9 Å². The Morgan fingerprint density at radius 1 is 1.63 bits per heavy atom. The van der Waals surface area contributed by atoms with Crippen LogP contribution >= 0.6 is 0 Å². The molecule has 1 saturated heterocycles. The number of rotatable bonds is 3. The number of carbonyl (C=O) groups is 1. The van der Waals surface area contributed by atoms with Crippen molar-refractivity contribution < 1.29 is 14.2 Å². The second kappa shape index (κ2) is 4.32. The summed E-state index contributed by atoms with van der Waals surface area (Å²) in [6.45, 7) is 2.46. The third-order valence-corrected chi connectivity index (χ3v) is 3.87. The molecule has 1 amide bonds. The zero-order valence-corrected chi connectivity index (χ0v) is 10.6. The van der Waals surface area contributed by atoms with E-state index in [9.17, 15) is 14.9 Å². The fourth-order valence-corrected chi connectivity index (χ4v) is 2.77. The number of aryl methyl sites for hydroxylation is 1. The maximum Gasteiger partial charge on any atom is 0.233 e. The molecule has 0 unspecified atom stereocenters. The lowest BCUT2D eigenvalue weighted by Gasteiger charge is -2.22. The third-order valence-electron chi connectivity index (χ3n) is 3.87. The molecule has 1 saturated carbocycles. The predicted molar refractivity (Wildman–Crippen MR) is 63.8 cm³/mol.